The Hall–Kier alpha value is -0.740. The first-order valence-electron chi connectivity index (χ1n) is 7.03. The number of nitrogens with zero attached hydrogens (tertiary/aromatic N) is 2. The highest BCUT2D eigenvalue weighted by Crippen LogP contribution is 2.30. The van der Waals surface area contributed by atoms with Gasteiger partial charge >= 0.3 is 0 Å². The number of fused-ring (bicyclic) bond motifs is 1. The number of imidazole rings is 1. The quantitative estimate of drug-likeness (QED) is 0.770. The van der Waals surface area contributed by atoms with E-state index in [0.717, 1.165) is 17.9 Å². The van der Waals surface area contributed by atoms with Crippen LogP contribution in [0.4, 0.5) is 4.39 Å². The van der Waals surface area contributed by atoms with Gasteiger partial charge in [-0.15, -0.1) is 11.6 Å². The van der Waals surface area contributed by atoms with Gasteiger partial charge < -0.3 is 4.57 Å². The van der Waals surface area contributed by atoms with Crippen molar-refractivity contribution >= 4 is 34.4 Å². The summed E-state index contributed by atoms with van der Waals surface area (Å²) in [4.78, 5) is 4.43. The molecule has 1 unspecified atom stereocenters. The molecule has 1 fully saturated rings. The Balaban J connectivity index is 2.02. The fraction of sp³-hybridized carbons (Fsp3) is 0.533. The second-order valence-electron chi connectivity index (χ2n) is 5.36. The molecule has 0 bridgehead atoms. The molecular weight excluding hydrogens is 295 g/mol. The van der Waals surface area contributed by atoms with E-state index in [1.54, 1.807) is 6.07 Å². The summed E-state index contributed by atoms with van der Waals surface area (Å²) in [5, 5.41) is -0.209. The standard InChI is InChI=1S/C15H18ClFN2S/c1-10(16)15-18-14-12(17)3-2-4-13(14)19(15)9-11-5-7-20-8-6-11/h2-4,10-11H,5-9H2,1H3. The van der Waals surface area contributed by atoms with Gasteiger partial charge in [-0.2, -0.15) is 11.8 Å². The predicted octanol–water partition coefficient (Wildman–Crippen LogP) is 4.62. The van der Waals surface area contributed by atoms with Crippen LogP contribution in [0.5, 0.6) is 0 Å². The Morgan fingerprint density at radius 1 is 1.45 bits per heavy atom. The lowest BCUT2D eigenvalue weighted by atomic mass is 10.0. The third-order valence-corrected chi connectivity index (χ3v) is 5.14. The maximum atomic E-state index is 13.9. The maximum absolute atomic E-state index is 13.9. The second-order valence-corrected chi connectivity index (χ2v) is 7.24. The van der Waals surface area contributed by atoms with Gasteiger partial charge in [-0.25, -0.2) is 9.37 Å². The van der Waals surface area contributed by atoms with Crippen LogP contribution in [0.2, 0.25) is 0 Å². The molecule has 0 amide bonds. The molecule has 2 heterocycles. The first kappa shape index (κ1) is 14.2. The predicted molar refractivity (Wildman–Crippen MR) is 84.0 cm³/mol. The van der Waals surface area contributed by atoms with Crippen molar-refractivity contribution in [3.63, 3.8) is 0 Å². The van der Waals surface area contributed by atoms with Gasteiger partial charge in [-0.1, -0.05) is 6.07 Å². The largest absolute Gasteiger partial charge is 0.326 e. The van der Waals surface area contributed by atoms with Gasteiger partial charge in [0.1, 0.15) is 11.3 Å². The molecule has 1 aliphatic heterocycles. The summed E-state index contributed by atoms with van der Waals surface area (Å²) >= 11 is 8.26. The minimum absolute atomic E-state index is 0.209. The number of benzene rings is 1. The molecule has 0 N–H and O–H groups in total. The lowest BCUT2D eigenvalue weighted by Crippen LogP contribution is -2.18. The molecule has 108 valence electrons. The number of halogens is 2. The topological polar surface area (TPSA) is 17.8 Å². The number of hydrogen-bond donors (Lipinski definition) is 0. The van der Waals surface area contributed by atoms with E-state index < -0.39 is 0 Å². The van der Waals surface area contributed by atoms with Crippen LogP contribution in [-0.4, -0.2) is 21.1 Å². The number of thioether (sulfide) groups is 1. The van der Waals surface area contributed by atoms with E-state index in [-0.39, 0.29) is 11.2 Å². The molecule has 20 heavy (non-hydrogen) atoms. The lowest BCUT2D eigenvalue weighted by Gasteiger charge is -2.23. The monoisotopic (exact) mass is 312 g/mol. The summed E-state index contributed by atoms with van der Waals surface area (Å²) in [6.07, 6.45) is 2.44. The number of para-hydroxylation sites is 1. The first-order chi connectivity index (χ1) is 9.66. The fourth-order valence-electron chi connectivity index (χ4n) is 2.81. The molecule has 1 aromatic carbocycles. The Morgan fingerprint density at radius 3 is 2.90 bits per heavy atom. The number of hydrogen-bond acceptors (Lipinski definition) is 2. The Bertz CT molecular complexity index is 605. The molecule has 1 aliphatic rings. The Labute approximate surface area is 127 Å². The molecule has 0 spiro atoms. The summed E-state index contributed by atoms with van der Waals surface area (Å²) < 4.78 is 16.0. The van der Waals surface area contributed by atoms with E-state index in [4.69, 9.17) is 11.6 Å². The van der Waals surface area contributed by atoms with Crippen LogP contribution in [0.15, 0.2) is 18.2 Å². The van der Waals surface area contributed by atoms with Crippen LogP contribution in [0, 0.1) is 11.7 Å². The molecule has 2 aromatic rings. The average molecular weight is 313 g/mol. The highest BCUT2D eigenvalue weighted by Gasteiger charge is 2.21. The van der Waals surface area contributed by atoms with Crippen molar-refractivity contribution in [2.45, 2.75) is 31.7 Å². The first-order valence-corrected chi connectivity index (χ1v) is 8.62. The molecule has 1 aromatic heterocycles. The van der Waals surface area contributed by atoms with Crippen molar-refractivity contribution in [1.29, 1.82) is 0 Å². The van der Waals surface area contributed by atoms with E-state index in [1.165, 1.54) is 30.4 Å². The molecule has 2 nitrogen and oxygen atoms in total. The molecule has 1 atom stereocenters. The van der Waals surface area contributed by atoms with Crippen molar-refractivity contribution in [3.8, 4) is 0 Å². The minimum Gasteiger partial charge on any atom is -0.326 e. The van der Waals surface area contributed by atoms with Gasteiger partial charge in [0.15, 0.2) is 5.82 Å². The molecule has 3 rings (SSSR count). The van der Waals surface area contributed by atoms with E-state index >= 15 is 0 Å². The van der Waals surface area contributed by atoms with Crippen LogP contribution >= 0.6 is 23.4 Å². The third-order valence-electron chi connectivity index (χ3n) is 3.90. The molecule has 0 aliphatic carbocycles. The van der Waals surface area contributed by atoms with Crippen molar-refractivity contribution in [2.75, 3.05) is 11.5 Å². The summed E-state index contributed by atoms with van der Waals surface area (Å²) in [5.41, 5.74) is 1.31. The van der Waals surface area contributed by atoms with E-state index in [2.05, 4.69) is 9.55 Å². The van der Waals surface area contributed by atoms with Crippen LogP contribution in [0.3, 0.4) is 0 Å². The Kier molecular flexibility index (Phi) is 4.22. The zero-order valence-electron chi connectivity index (χ0n) is 11.5. The normalized spacial score (nSPS) is 18.6. The highest BCUT2D eigenvalue weighted by molar-refractivity contribution is 7.99. The summed E-state index contributed by atoms with van der Waals surface area (Å²) in [5.74, 6) is 3.60. The SMILES string of the molecule is CC(Cl)c1nc2c(F)cccc2n1CC1CCSCC1. The number of rotatable bonds is 3. The van der Waals surface area contributed by atoms with Crippen LogP contribution in [0.1, 0.15) is 31.0 Å². The molecule has 0 radical (unpaired) electrons. The lowest BCUT2D eigenvalue weighted by molar-refractivity contribution is 0.415. The molecule has 5 heteroatoms. The zero-order chi connectivity index (χ0) is 14.1. The maximum Gasteiger partial charge on any atom is 0.151 e. The van der Waals surface area contributed by atoms with Crippen LogP contribution in [0.25, 0.3) is 11.0 Å². The van der Waals surface area contributed by atoms with E-state index in [9.17, 15) is 4.39 Å². The fourth-order valence-corrected chi connectivity index (χ4v) is 4.18. The van der Waals surface area contributed by atoms with E-state index in [0.29, 0.717) is 11.4 Å². The smallest absolute Gasteiger partial charge is 0.151 e. The van der Waals surface area contributed by atoms with Crippen molar-refractivity contribution in [3.05, 3.63) is 29.8 Å². The minimum atomic E-state index is -0.265. The van der Waals surface area contributed by atoms with Gasteiger partial charge in [-0.05, 0) is 49.3 Å². The average Bonchev–Trinajstić information content (AvgIpc) is 2.81. The van der Waals surface area contributed by atoms with Gasteiger partial charge in [0.05, 0.1) is 10.9 Å². The van der Waals surface area contributed by atoms with Crippen LogP contribution in [-0.2, 0) is 6.54 Å². The third kappa shape index (κ3) is 2.68. The van der Waals surface area contributed by atoms with Gasteiger partial charge in [0, 0.05) is 6.54 Å². The van der Waals surface area contributed by atoms with Gasteiger partial charge in [0.25, 0.3) is 0 Å². The van der Waals surface area contributed by atoms with Gasteiger partial charge in [-0.3, -0.25) is 0 Å². The van der Waals surface area contributed by atoms with Crippen LogP contribution < -0.4 is 0 Å². The highest BCUT2D eigenvalue weighted by atomic mass is 35.5. The van der Waals surface area contributed by atoms with Crippen molar-refractivity contribution in [2.24, 2.45) is 5.92 Å². The summed E-state index contributed by atoms with van der Waals surface area (Å²) in [7, 11) is 0. The molecular formula is C15H18ClFN2S. The summed E-state index contributed by atoms with van der Waals surface area (Å²) in [6.45, 7) is 2.79. The number of alkyl halides is 1. The molecule has 0 saturated carbocycles. The zero-order valence-corrected chi connectivity index (χ0v) is 13.1. The Morgan fingerprint density at radius 2 is 2.20 bits per heavy atom. The van der Waals surface area contributed by atoms with Gasteiger partial charge in [0.2, 0.25) is 0 Å². The summed E-state index contributed by atoms with van der Waals surface area (Å²) in [6, 6.07) is 5.14. The number of aromatic nitrogens is 2. The van der Waals surface area contributed by atoms with Crippen molar-refractivity contribution < 1.29 is 4.39 Å². The molecule has 1 saturated heterocycles. The second kappa shape index (κ2) is 5.94. The van der Waals surface area contributed by atoms with E-state index in [1.807, 2.05) is 24.8 Å². The van der Waals surface area contributed by atoms with Crippen molar-refractivity contribution in [1.82, 2.24) is 9.55 Å².